The first-order chi connectivity index (χ1) is 13.8. The number of aliphatic hydroxyl groups is 1. The summed E-state index contributed by atoms with van der Waals surface area (Å²) in [4.78, 5) is 59.5. The van der Waals surface area contributed by atoms with Gasteiger partial charge in [0, 0.05) is 6.42 Å². The van der Waals surface area contributed by atoms with Crippen LogP contribution in [0.1, 0.15) is 40.5 Å². The minimum atomic E-state index is -1.59. The first-order valence-corrected chi connectivity index (χ1v) is 9.60. The summed E-state index contributed by atoms with van der Waals surface area (Å²) in [6.07, 6.45) is -0.457. The molecule has 12 heteroatoms. The van der Waals surface area contributed by atoms with Gasteiger partial charge in [0.1, 0.15) is 18.1 Å². The van der Waals surface area contributed by atoms with Crippen molar-refractivity contribution in [1.82, 2.24) is 16.0 Å². The fourth-order valence-electron chi connectivity index (χ4n) is 2.36. The van der Waals surface area contributed by atoms with E-state index in [9.17, 15) is 24.0 Å². The molecule has 4 atom stereocenters. The number of hydrogen-bond donors (Lipinski definition) is 7. The molecule has 0 aliphatic carbocycles. The van der Waals surface area contributed by atoms with E-state index < -0.39 is 60.4 Å². The van der Waals surface area contributed by atoms with Gasteiger partial charge >= 0.3 is 5.97 Å². The molecule has 4 unspecified atom stereocenters. The van der Waals surface area contributed by atoms with Crippen molar-refractivity contribution in [3.05, 3.63) is 0 Å². The number of nitrogens with two attached hydrogens (primary N) is 2. The van der Waals surface area contributed by atoms with E-state index in [0.29, 0.717) is 0 Å². The zero-order chi connectivity index (χ0) is 23.6. The third-order valence-electron chi connectivity index (χ3n) is 4.38. The highest BCUT2D eigenvalue weighted by Gasteiger charge is 2.32. The van der Waals surface area contributed by atoms with E-state index in [1.165, 1.54) is 0 Å². The summed E-state index contributed by atoms with van der Waals surface area (Å²) >= 11 is 0. The molecule has 0 rings (SSSR count). The number of hydrogen-bond acceptors (Lipinski definition) is 7. The third kappa shape index (κ3) is 9.18. The summed E-state index contributed by atoms with van der Waals surface area (Å²) in [5, 5.41) is 25.1. The van der Waals surface area contributed by atoms with Crippen LogP contribution in [0, 0.1) is 11.8 Å². The van der Waals surface area contributed by atoms with Crippen molar-refractivity contribution in [3.8, 4) is 0 Å². The van der Waals surface area contributed by atoms with Crippen molar-refractivity contribution < 1.29 is 34.2 Å². The summed E-state index contributed by atoms with van der Waals surface area (Å²) in [6, 6.07) is -4.77. The molecule has 9 N–H and O–H groups in total. The van der Waals surface area contributed by atoms with E-state index in [4.69, 9.17) is 21.7 Å². The van der Waals surface area contributed by atoms with Crippen molar-refractivity contribution in [2.24, 2.45) is 23.3 Å². The minimum absolute atomic E-state index is 0.165. The monoisotopic (exact) mass is 431 g/mol. The molecular formula is C18H33N5O7. The van der Waals surface area contributed by atoms with Crippen LogP contribution < -0.4 is 27.4 Å². The van der Waals surface area contributed by atoms with Crippen LogP contribution in [0.2, 0.25) is 0 Å². The van der Waals surface area contributed by atoms with Gasteiger partial charge in [-0.05, 0) is 18.3 Å². The minimum Gasteiger partial charge on any atom is -0.480 e. The summed E-state index contributed by atoms with van der Waals surface area (Å²) in [5.74, 6) is -4.90. The topological polar surface area (TPSA) is 214 Å². The van der Waals surface area contributed by atoms with E-state index in [1.54, 1.807) is 27.7 Å². The predicted molar refractivity (Wildman–Crippen MR) is 107 cm³/mol. The van der Waals surface area contributed by atoms with Gasteiger partial charge in [-0.1, -0.05) is 27.7 Å². The maximum atomic E-state index is 12.7. The maximum absolute atomic E-state index is 12.7. The summed E-state index contributed by atoms with van der Waals surface area (Å²) in [5.41, 5.74) is 10.9. The highest BCUT2D eigenvalue weighted by Crippen LogP contribution is 2.07. The van der Waals surface area contributed by atoms with Gasteiger partial charge in [-0.2, -0.15) is 0 Å². The second-order valence-corrected chi connectivity index (χ2v) is 7.65. The zero-order valence-corrected chi connectivity index (χ0v) is 17.7. The molecule has 0 bridgehead atoms. The molecule has 0 aromatic carbocycles. The Morgan fingerprint density at radius 3 is 1.77 bits per heavy atom. The van der Waals surface area contributed by atoms with E-state index in [-0.39, 0.29) is 24.7 Å². The quantitative estimate of drug-likeness (QED) is 0.164. The number of rotatable bonds is 13. The maximum Gasteiger partial charge on any atom is 0.328 e. The highest BCUT2D eigenvalue weighted by atomic mass is 16.4. The average Bonchev–Trinajstić information content (AvgIpc) is 2.65. The van der Waals surface area contributed by atoms with E-state index >= 15 is 0 Å². The molecular weight excluding hydrogens is 398 g/mol. The van der Waals surface area contributed by atoms with E-state index in [2.05, 4.69) is 16.0 Å². The Hall–Kier alpha value is -2.73. The van der Waals surface area contributed by atoms with Crippen molar-refractivity contribution >= 4 is 29.6 Å². The first kappa shape index (κ1) is 27.3. The van der Waals surface area contributed by atoms with E-state index in [0.717, 1.165) is 0 Å². The van der Waals surface area contributed by atoms with Crippen molar-refractivity contribution in [3.63, 3.8) is 0 Å². The summed E-state index contributed by atoms with van der Waals surface area (Å²) in [7, 11) is 0. The van der Waals surface area contributed by atoms with Crippen LogP contribution in [0.15, 0.2) is 0 Å². The summed E-state index contributed by atoms with van der Waals surface area (Å²) < 4.78 is 0. The number of carbonyl (C=O) groups is 5. The molecule has 172 valence electrons. The van der Waals surface area contributed by atoms with Crippen molar-refractivity contribution in [2.75, 3.05) is 6.61 Å². The normalized spacial score (nSPS) is 15.1. The van der Waals surface area contributed by atoms with Crippen molar-refractivity contribution in [1.29, 1.82) is 0 Å². The Kier molecular flexibility index (Phi) is 11.6. The lowest BCUT2D eigenvalue weighted by atomic mass is 9.99. The van der Waals surface area contributed by atoms with Crippen LogP contribution in [-0.4, -0.2) is 70.6 Å². The van der Waals surface area contributed by atoms with Crippen LogP contribution in [0.3, 0.4) is 0 Å². The van der Waals surface area contributed by atoms with Crippen LogP contribution in [0.4, 0.5) is 0 Å². The molecule has 0 fully saturated rings. The largest absolute Gasteiger partial charge is 0.480 e. The average molecular weight is 431 g/mol. The third-order valence-corrected chi connectivity index (χ3v) is 4.38. The number of carboxylic acids is 1. The molecule has 0 spiro atoms. The van der Waals surface area contributed by atoms with Gasteiger partial charge < -0.3 is 37.6 Å². The number of primary amides is 1. The lowest BCUT2D eigenvalue weighted by Crippen LogP contribution is -2.59. The van der Waals surface area contributed by atoms with Gasteiger partial charge in [-0.3, -0.25) is 19.2 Å². The molecule has 0 radical (unpaired) electrons. The molecule has 0 saturated heterocycles. The molecule has 4 amide bonds. The number of nitrogens with one attached hydrogen (secondary N) is 3. The lowest BCUT2D eigenvalue weighted by Gasteiger charge is -2.27. The molecule has 0 heterocycles. The fraction of sp³-hybridized carbons (Fsp3) is 0.722. The number of aliphatic carboxylic acids is 1. The lowest BCUT2D eigenvalue weighted by molar-refractivity contribution is -0.143. The van der Waals surface area contributed by atoms with Gasteiger partial charge in [0.05, 0.1) is 12.6 Å². The van der Waals surface area contributed by atoms with Crippen LogP contribution in [-0.2, 0) is 24.0 Å². The molecule has 0 aliphatic heterocycles. The van der Waals surface area contributed by atoms with Crippen LogP contribution >= 0.6 is 0 Å². The number of carboxylic acid groups (broad SMARTS) is 1. The Labute approximate surface area is 175 Å². The van der Waals surface area contributed by atoms with Gasteiger partial charge in [0.25, 0.3) is 0 Å². The Morgan fingerprint density at radius 2 is 1.37 bits per heavy atom. The fourth-order valence-corrected chi connectivity index (χ4v) is 2.36. The van der Waals surface area contributed by atoms with Crippen LogP contribution in [0.25, 0.3) is 0 Å². The zero-order valence-electron chi connectivity index (χ0n) is 17.7. The van der Waals surface area contributed by atoms with Gasteiger partial charge in [0.15, 0.2) is 0 Å². The molecule has 0 aromatic rings. The number of aliphatic hydroxyl groups excluding tert-OH is 1. The molecule has 0 aliphatic rings. The predicted octanol–water partition coefficient (Wildman–Crippen LogP) is -2.58. The Balaban J connectivity index is 5.42. The summed E-state index contributed by atoms with van der Waals surface area (Å²) in [6.45, 7) is 5.99. The smallest absolute Gasteiger partial charge is 0.328 e. The highest BCUT2D eigenvalue weighted by molar-refractivity contribution is 5.94. The van der Waals surface area contributed by atoms with Crippen molar-refractivity contribution in [2.45, 2.75) is 64.7 Å². The van der Waals surface area contributed by atoms with Crippen LogP contribution in [0.5, 0.6) is 0 Å². The Morgan fingerprint density at radius 1 is 0.833 bits per heavy atom. The molecule has 0 saturated carbocycles. The second kappa shape index (κ2) is 12.8. The second-order valence-electron chi connectivity index (χ2n) is 7.65. The first-order valence-electron chi connectivity index (χ1n) is 9.60. The molecule has 30 heavy (non-hydrogen) atoms. The SMILES string of the molecule is CC(C)C(N)C(=O)NC(C(=O)NC(CCC(N)=O)C(=O)NC(CO)C(=O)O)C(C)C. The Bertz CT molecular complexity index is 638. The van der Waals surface area contributed by atoms with Gasteiger partial charge in [0.2, 0.25) is 23.6 Å². The molecule has 0 aromatic heterocycles. The molecule has 12 nitrogen and oxygen atoms in total. The van der Waals surface area contributed by atoms with E-state index in [1.807, 2.05) is 0 Å². The standard InChI is InChI=1S/C18H33N5O7/c1-8(2)13(20)16(27)23-14(9(3)4)17(28)21-10(5-6-12(19)25)15(26)22-11(7-24)18(29)30/h8-11,13-14,24H,5-7,20H2,1-4H3,(H2,19,25)(H,21,28)(H,22,26)(H,23,27)(H,29,30). The van der Waals surface area contributed by atoms with Gasteiger partial charge in [-0.25, -0.2) is 4.79 Å². The van der Waals surface area contributed by atoms with Gasteiger partial charge in [-0.15, -0.1) is 0 Å². The number of carbonyl (C=O) groups excluding carboxylic acids is 4. The number of amides is 4.